The molecule has 0 radical (unpaired) electrons. The second-order valence-electron chi connectivity index (χ2n) is 3.12. The molecule has 0 aliphatic carbocycles. The Morgan fingerprint density at radius 1 is 1.60 bits per heavy atom. The zero-order valence-corrected chi connectivity index (χ0v) is 9.01. The van der Waals surface area contributed by atoms with Gasteiger partial charge in [0.25, 0.3) is 0 Å². The van der Waals surface area contributed by atoms with Gasteiger partial charge in [-0.3, -0.25) is 4.98 Å². The lowest BCUT2D eigenvalue weighted by atomic mass is 10.4. The highest BCUT2D eigenvalue weighted by Crippen LogP contribution is 2.08. The van der Waals surface area contributed by atoms with Crippen molar-refractivity contribution in [2.75, 3.05) is 6.54 Å². The second kappa shape index (κ2) is 4.50. The van der Waals surface area contributed by atoms with Crippen LogP contribution in [0.25, 0.3) is 0 Å². The number of pyridine rings is 1. The normalized spacial score (nSPS) is 11.3. The fourth-order valence-electron chi connectivity index (χ4n) is 0.841. The molecule has 6 heteroatoms. The molecule has 1 rings (SSSR count). The summed E-state index contributed by atoms with van der Waals surface area (Å²) < 4.78 is 38.1. The highest BCUT2D eigenvalue weighted by molar-refractivity contribution is 7.89. The zero-order chi connectivity index (χ0) is 11.5. The van der Waals surface area contributed by atoms with E-state index in [0.717, 1.165) is 18.5 Å². The Bertz CT molecular complexity index is 471. The Hall–Kier alpha value is -1.27. The fraction of sp³-hybridized carbons (Fsp3) is 0.222. The van der Waals surface area contributed by atoms with E-state index in [1.165, 1.54) is 0 Å². The first kappa shape index (κ1) is 11.8. The Balaban J connectivity index is 2.91. The van der Waals surface area contributed by atoms with Crippen LogP contribution < -0.4 is 4.72 Å². The van der Waals surface area contributed by atoms with Crippen molar-refractivity contribution < 1.29 is 12.8 Å². The Labute approximate surface area is 87.9 Å². The van der Waals surface area contributed by atoms with E-state index in [4.69, 9.17) is 0 Å². The summed E-state index contributed by atoms with van der Waals surface area (Å²) in [6.07, 6.45) is 2.03. The number of nitrogens with zero attached hydrogens (tertiary/aromatic N) is 1. The van der Waals surface area contributed by atoms with Crippen molar-refractivity contribution in [2.45, 2.75) is 11.8 Å². The molecule has 0 unspecified atom stereocenters. The molecular formula is C9H11FN2O2S. The Morgan fingerprint density at radius 2 is 2.27 bits per heavy atom. The van der Waals surface area contributed by atoms with Gasteiger partial charge in [0.1, 0.15) is 10.7 Å². The summed E-state index contributed by atoms with van der Waals surface area (Å²) in [6.45, 7) is 5.36. The quantitative estimate of drug-likeness (QED) is 0.787. The van der Waals surface area contributed by atoms with Gasteiger partial charge in [-0.1, -0.05) is 12.2 Å². The summed E-state index contributed by atoms with van der Waals surface area (Å²) in [5.74, 6) is -0.687. The number of sulfonamides is 1. The number of hydrogen-bond acceptors (Lipinski definition) is 3. The molecule has 0 aliphatic heterocycles. The highest BCUT2D eigenvalue weighted by Gasteiger charge is 2.14. The van der Waals surface area contributed by atoms with Gasteiger partial charge in [-0.2, -0.15) is 0 Å². The van der Waals surface area contributed by atoms with Gasteiger partial charge in [-0.15, -0.1) is 0 Å². The van der Waals surface area contributed by atoms with Crippen molar-refractivity contribution in [1.29, 1.82) is 0 Å². The van der Waals surface area contributed by atoms with E-state index in [0.29, 0.717) is 5.57 Å². The molecule has 0 bridgehead atoms. The predicted octanol–water partition coefficient (Wildman–Crippen LogP) is 1.08. The fourth-order valence-corrected chi connectivity index (χ4v) is 1.91. The average molecular weight is 230 g/mol. The van der Waals surface area contributed by atoms with Gasteiger partial charge in [0, 0.05) is 12.7 Å². The van der Waals surface area contributed by atoms with Gasteiger partial charge in [-0.05, 0) is 13.0 Å². The first-order valence-electron chi connectivity index (χ1n) is 4.16. The Kier molecular flexibility index (Phi) is 3.54. The van der Waals surface area contributed by atoms with Gasteiger partial charge in [0.05, 0.1) is 6.20 Å². The molecule has 0 saturated heterocycles. The highest BCUT2D eigenvalue weighted by atomic mass is 32.2. The first-order chi connectivity index (χ1) is 6.92. The van der Waals surface area contributed by atoms with E-state index in [-0.39, 0.29) is 11.4 Å². The van der Waals surface area contributed by atoms with Gasteiger partial charge in [-0.25, -0.2) is 17.5 Å². The van der Waals surface area contributed by atoms with Crippen LogP contribution in [0.4, 0.5) is 4.39 Å². The molecule has 1 N–H and O–H groups in total. The van der Waals surface area contributed by atoms with E-state index in [2.05, 4.69) is 16.3 Å². The summed E-state index contributed by atoms with van der Waals surface area (Å²) in [6, 6.07) is 0.910. The molecule has 0 amide bonds. The number of hydrogen-bond donors (Lipinski definition) is 1. The van der Waals surface area contributed by atoms with Crippen molar-refractivity contribution in [3.63, 3.8) is 0 Å². The van der Waals surface area contributed by atoms with E-state index in [1.54, 1.807) is 6.92 Å². The van der Waals surface area contributed by atoms with Crippen LogP contribution in [0.15, 0.2) is 35.5 Å². The number of nitrogens with one attached hydrogen (secondary N) is 1. The minimum absolute atomic E-state index is 0.124. The number of rotatable bonds is 4. The van der Waals surface area contributed by atoms with Crippen molar-refractivity contribution in [3.05, 3.63) is 36.4 Å². The van der Waals surface area contributed by atoms with Gasteiger partial charge in [0.15, 0.2) is 0 Å². The van der Waals surface area contributed by atoms with Crippen LogP contribution in [-0.2, 0) is 10.0 Å². The third-order valence-corrected chi connectivity index (χ3v) is 2.92. The van der Waals surface area contributed by atoms with Gasteiger partial charge < -0.3 is 0 Å². The van der Waals surface area contributed by atoms with E-state index in [1.807, 2.05) is 0 Å². The largest absolute Gasteiger partial charge is 0.260 e. The minimum Gasteiger partial charge on any atom is -0.260 e. The molecule has 15 heavy (non-hydrogen) atoms. The predicted molar refractivity (Wildman–Crippen MR) is 54.2 cm³/mol. The third kappa shape index (κ3) is 3.41. The van der Waals surface area contributed by atoms with Crippen LogP contribution in [0.5, 0.6) is 0 Å². The molecule has 0 spiro atoms. The first-order valence-corrected chi connectivity index (χ1v) is 5.65. The Morgan fingerprint density at radius 3 is 2.80 bits per heavy atom. The van der Waals surface area contributed by atoms with Crippen LogP contribution >= 0.6 is 0 Å². The maximum atomic E-state index is 12.7. The van der Waals surface area contributed by atoms with Crippen LogP contribution in [-0.4, -0.2) is 19.9 Å². The van der Waals surface area contributed by atoms with E-state index < -0.39 is 15.8 Å². The number of aromatic nitrogens is 1. The van der Waals surface area contributed by atoms with Crippen molar-refractivity contribution in [2.24, 2.45) is 0 Å². The molecular weight excluding hydrogens is 219 g/mol. The van der Waals surface area contributed by atoms with Crippen molar-refractivity contribution in [1.82, 2.24) is 9.71 Å². The lowest BCUT2D eigenvalue weighted by Crippen LogP contribution is -2.25. The summed E-state index contributed by atoms with van der Waals surface area (Å²) in [5, 5.41) is 0. The van der Waals surface area contributed by atoms with Crippen LogP contribution in [0.2, 0.25) is 0 Å². The zero-order valence-electron chi connectivity index (χ0n) is 8.20. The molecule has 1 heterocycles. The van der Waals surface area contributed by atoms with Crippen LogP contribution in [0, 0.1) is 5.82 Å². The van der Waals surface area contributed by atoms with E-state index in [9.17, 15) is 12.8 Å². The smallest absolute Gasteiger partial charge is 0.242 e. The van der Waals surface area contributed by atoms with Crippen LogP contribution in [0.1, 0.15) is 6.92 Å². The van der Waals surface area contributed by atoms with Crippen molar-refractivity contribution >= 4 is 10.0 Å². The summed E-state index contributed by atoms with van der Waals surface area (Å²) in [4.78, 5) is 3.27. The summed E-state index contributed by atoms with van der Waals surface area (Å²) in [5.41, 5.74) is 0.669. The summed E-state index contributed by atoms with van der Waals surface area (Å²) in [7, 11) is -3.69. The molecule has 0 fully saturated rings. The molecule has 82 valence electrons. The molecule has 0 saturated carbocycles. The SMILES string of the molecule is C=C(C)CNS(=O)(=O)c1cncc(F)c1. The lowest BCUT2D eigenvalue weighted by Gasteiger charge is -2.05. The minimum atomic E-state index is -3.69. The molecule has 4 nitrogen and oxygen atoms in total. The average Bonchev–Trinajstić information content (AvgIpc) is 2.15. The van der Waals surface area contributed by atoms with E-state index >= 15 is 0 Å². The molecule has 1 aromatic rings. The molecule has 0 aromatic carbocycles. The lowest BCUT2D eigenvalue weighted by molar-refractivity contribution is 0.578. The van der Waals surface area contributed by atoms with Crippen molar-refractivity contribution in [3.8, 4) is 0 Å². The molecule has 0 aliphatic rings. The molecule has 0 atom stereocenters. The maximum Gasteiger partial charge on any atom is 0.242 e. The van der Waals surface area contributed by atoms with Gasteiger partial charge in [0.2, 0.25) is 10.0 Å². The second-order valence-corrected chi connectivity index (χ2v) is 4.89. The third-order valence-electron chi connectivity index (χ3n) is 1.55. The van der Waals surface area contributed by atoms with Gasteiger partial charge >= 0.3 is 0 Å². The number of halogens is 1. The standard InChI is InChI=1S/C9H11FN2O2S/c1-7(2)4-12-15(13,14)9-3-8(10)5-11-6-9/h3,5-6,12H,1,4H2,2H3. The topological polar surface area (TPSA) is 59.1 Å². The molecule has 1 aromatic heterocycles. The van der Waals surface area contributed by atoms with Crippen LogP contribution in [0.3, 0.4) is 0 Å². The maximum absolute atomic E-state index is 12.7. The monoisotopic (exact) mass is 230 g/mol. The summed E-state index contributed by atoms with van der Waals surface area (Å²) >= 11 is 0.